The van der Waals surface area contributed by atoms with Crippen molar-refractivity contribution in [3.63, 3.8) is 0 Å². The summed E-state index contributed by atoms with van der Waals surface area (Å²) in [5.41, 5.74) is 2.66. The molecule has 1 aromatic heterocycles. The van der Waals surface area contributed by atoms with E-state index in [1.54, 1.807) is 4.90 Å². The number of rotatable bonds is 5. The molecule has 1 aromatic carbocycles. The van der Waals surface area contributed by atoms with Gasteiger partial charge < -0.3 is 10.2 Å². The van der Waals surface area contributed by atoms with Gasteiger partial charge in [0.15, 0.2) is 0 Å². The van der Waals surface area contributed by atoms with E-state index < -0.39 is 0 Å². The molecule has 154 valence electrons. The molecule has 1 atom stereocenters. The number of carbonyl (C=O) groups excluding carboxylic acids is 2. The van der Waals surface area contributed by atoms with E-state index in [1.807, 2.05) is 17.5 Å². The molecule has 29 heavy (non-hydrogen) atoms. The second-order valence-electron chi connectivity index (χ2n) is 8.60. The number of likely N-dealkylation sites (tertiary alicyclic amines) is 1. The predicted molar refractivity (Wildman–Crippen MR) is 116 cm³/mol. The highest BCUT2D eigenvalue weighted by atomic mass is 32.1. The molecule has 6 heteroatoms. The van der Waals surface area contributed by atoms with Crippen LogP contribution in [0.5, 0.6) is 0 Å². The van der Waals surface area contributed by atoms with Crippen LogP contribution >= 0.6 is 11.3 Å². The first-order valence-electron chi connectivity index (χ1n) is 10.4. The lowest BCUT2D eigenvalue weighted by Gasteiger charge is -2.42. The molecule has 0 aliphatic carbocycles. The molecular weight excluding hydrogens is 382 g/mol. The van der Waals surface area contributed by atoms with Crippen molar-refractivity contribution in [2.24, 2.45) is 0 Å². The van der Waals surface area contributed by atoms with Crippen LogP contribution in [0.2, 0.25) is 0 Å². The molecule has 2 aliphatic heterocycles. The molecule has 2 aliphatic rings. The third kappa shape index (κ3) is 4.23. The topological polar surface area (TPSA) is 52.7 Å². The monoisotopic (exact) mass is 411 g/mol. The number of benzene rings is 1. The minimum absolute atomic E-state index is 0.0236. The molecule has 1 fully saturated rings. The number of thiophene rings is 1. The fourth-order valence-electron chi connectivity index (χ4n) is 4.37. The molecule has 0 spiro atoms. The van der Waals surface area contributed by atoms with E-state index >= 15 is 0 Å². The lowest BCUT2D eigenvalue weighted by molar-refractivity contribution is -0.125. The van der Waals surface area contributed by atoms with Gasteiger partial charge in [-0.05, 0) is 55.7 Å². The molecule has 0 unspecified atom stereocenters. The van der Waals surface area contributed by atoms with Crippen LogP contribution in [0.4, 0.5) is 0 Å². The van der Waals surface area contributed by atoms with Crippen molar-refractivity contribution < 1.29 is 9.59 Å². The maximum Gasteiger partial charge on any atom is 0.264 e. The van der Waals surface area contributed by atoms with Crippen LogP contribution < -0.4 is 5.32 Å². The number of carbonyl (C=O) groups is 2. The highest BCUT2D eigenvalue weighted by Crippen LogP contribution is 2.26. The second kappa shape index (κ2) is 8.28. The van der Waals surface area contributed by atoms with Crippen molar-refractivity contribution in [1.29, 1.82) is 0 Å². The Balaban J connectivity index is 1.36. The Bertz CT molecular complexity index is 878. The lowest BCUT2D eigenvalue weighted by Crippen LogP contribution is -2.55. The summed E-state index contributed by atoms with van der Waals surface area (Å²) in [6, 6.07) is 12.0. The summed E-state index contributed by atoms with van der Waals surface area (Å²) in [5.74, 6) is -0.0533. The predicted octanol–water partition coefficient (Wildman–Crippen LogP) is 3.31. The molecule has 5 nitrogen and oxygen atoms in total. The zero-order valence-electron chi connectivity index (χ0n) is 17.2. The van der Waals surface area contributed by atoms with Gasteiger partial charge in [-0.15, -0.1) is 11.3 Å². The van der Waals surface area contributed by atoms with E-state index in [2.05, 4.69) is 48.3 Å². The third-order valence-electron chi connectivity index (χ3n) is 6.23. The minimum Gasteiger partial charge on any atom is -0.352 e. The molecule has 2 aromatic rings. The van der Waals surface area contributed by atoms with Crippen LogP contribution in [0.3, 0.4) is 0 Å². The van der Waals surface area contributed by atoms with Crippen molar-refractivity contribution >= 4 is 23.2 Å². The van der Waals surface area contributed by atoms with E-state index in [0.717, 1.165) is 32.4 Å². The molecule has 0 bridgehead atoms. The molecule has 0 radical (unpaired) electrons. The van der Waals surface area contributed by atoms with Crippen molar-refractivity contribution in [2.75, 3.05) is 19.6 Å². The van der Waals surface area contributed by atoms with Gasteiger partial charge in [0.25, 0.3) is 5.91 Å². The normalized spacial score (nSPS) is 19.8. The fourth-order valence-corrected chi connectivity index (χ4v) is 5.05. The smallest absolute Gasteiger partial charge is 0.264 e. The highest BCUT2D eigenvalue weighted by Gasteiger charge is 2.36. The third-order valence-corrected chi connectivity index (χ3v) is 7.09. The number of nitrogens with one attached hydrogen (secondary N) is 1. The second-order valence-corrected chi connectivity index (χ2v) is 9.55. The van der Waals surface area contributed by atoms with Crippen molar-refractivity contribution in [3.8, 4) is 0 Å². The van der Waals surface area contributed by atoms with Gasteiger partial charge in [0.1, 0.15) is 6.04 Å². The van der Waals surface area contributed by atoms with Gasteiger partial charge in [0.2, 0.25) is 5.91 Å². The molecule has 0 saturated carbocycles. The lowest BCUT2D eigenvalue weighted by atomic mass is 9.94. The summed E-state index contributed by atoms with van der Waals surface area (Å²) >= 11 is 1.43. The van der Waals surface area contributed by atoms with Gasteiger partial charge in [0, 0.05) is 31.7 Å². The molecule has 1 saturated heterocycles. The van der Waals surface area contributed by atoms with Crippen LogP contribution in [0.15, 0.2) is 41.8 Å². The van der Waals surface area contributed by atoms with Crippen LogP contribution in [-0.2, 0) is 17.8 Å². The van der Waals surface area contributed by atoms with E-state index in [9.17, 15) is 9.59 Å². The minimum atomic E-state index is -0.359. The van der Waals surface area contributed by atoms with Crippen LogP contribution in [0.25, 0.3) is 0 Å². The number of fused-ring (bicyclic) bond motifs is 1. The summed E-state index contributed by atoms with van der Waals surface area (Å²) in [7, 11) is 0. The average Bonchev–Trinajstić information content (AvgIpc) is 3.43. The SMILES string of the molecule is CC(C)(CNC(=O)[C@@H]1CCCN1C(=O)c1cccs1)N1CCc2ccccc2C1. The summed E-state index contributed by atoms with van der Waals surface area (Å²) in [4.78, 5) is 30.6. The molecule has 4 rings (SSSR count). The number of nitrogens with zero attached hydrogens (tertiary/aromatic N) is 2. The highest BCUT2D eigenvalue weighted by molar-refractivity contribution is 7.12. The van der Waals surface area contributed by atoms with E-state index in [0.29, 0.717) is 18.0 Å². The Morgan fingerprint density at radius 1 is 1.14 bits per heavy atom. The zero-order valence-corrected chi connectivity index (χ0v) is 18.0. The Kier molecular flexibility index (Phi) is 5.74. The van der Waals surface area contributed by atoms with E-state index in [-0.39, 0.29) is 23.4 Å². The first-order valence-corrected chi connectivity index (χ1v) is 11.3. The van der Waals surface area contributed by atoms with Gasteiger partial charge >= 0.3 is 0 Å². The van der Waals surface area contributed by atoms with Gasteiger partial charge in [-0.3, -0.25) is 14.5 Å². The van der Waals surface area contributed by atoms with Crippen molar-refractivity contribution in [3.05, 3.63) is 57.8 Å². The first kappa shape index (κ1) is 20.1. The van der Waals surface area contributed by atoms with Crippen LogP contribution in [0, 0.1) is 0 Å². The van der Waals surface area contributed by atoms with Gasteiger partial charge in [-0.1, -0.05) is 30.3 Å². The van der Waals surface area contributed by atoms with Gasteiger partial charge in [-0.2, -0.15) is 0 Å². The number of hydrogen-bond donors (Lipinski definition) is 1. The largest absolute Gasteiger partial charge is 0.352 e. The first-order chi connectivity index (χ1) is 14.0. The maximum atomic E-state index is 12.9. The molecule has 3 heterocycles. The molecule has 1 N–H and O–H groups in total. The molecular formula is C23H29N3O2S. The fraction of sp³-hybridized carbons (Fsp3) is 0.478. The summed E-state index contributed by atoms with van der Waals surface area (Å²) in [6.07, 6.45) is 2.65. The summed E-state index contributed by atoms with van der Waals surface area (Å²) in [5, 5.41) is 5.05. The number of amides is 2. The summed E-state index contributed by atoms with van der Waals surface area (Å²) < 4.78 is 0. The Hall–Kier alpha value is -2.18. The van der Waals surface area contributed by atoms with Crippen molar-refractivity contribution in [1.82, 2.24) is 15.1 Å². The zero-order chi connectivity index (χ0) is 20.4. The van der Waals surface area contributed by atoms with E-state index in [4.69, 9.17) is 0 Å². The standard InChI is InChI=1S/C23H29N3O2S/c1-23(2,25-13-11-17-7-3-4-8-18(17)15-25)16-24-21(27)19-9-5-12-26(19)22(28)20-10-6-14-29-20/h3-4,6-8,10,14,19H,5,9,11-13,15-16H2,1-2H3,(H,24,27)/t19-/m0/s1. The van der Waals surface area contributed by atoms with Crippen LogP contribution in [0.1, 0.15) is 47.5 Å². The Labute approximate surface area is 176 Å². The summed E-state index contributed by atoms with van der Waals surface area (Å²) in [6.45, 7) is 7.50. The van der Waals surface area contributed by atoms with Crippen LogP contribution in [-0.4, -0.2) is 52.8 Å². The van der Waals surface area contributed by atoms with Gasteiger partial charge in [-0.25, -0.2) is 0 Å². The molecule has 2 amide bonds. The van der Waals surface area contributed by atoms with Crippen molar-refractivity contribution in [2.45, 2.75) is 51.2 Å². The average molecular weight is 412 g/mol. The van der Waals surface area contributed by atoms with E-state index in [1.165, 1.54) is 22.5 Å². The number of hydrogen-bond acceptors (Lipinski definition) is 4. The Morgan fingerprint density at radius 3 is 2.69 bits per heavy atom. The van der Waals surface area contributed by atoms with Gasteiger partial charge in [0.05, 0.1) is 4.88 Å². The Morgan fingerprint density at radius 2 is 1.93 bits per heavy atom. The quantitative estimate of drug-likeness (QED) is 0.821. The maximum absolute atomic E-state index is 12.9.